The Kier molecular flexibility index (Phi) is 9.56. The highest BCUT2D eigenvalue weighted by Crippen LogP contribution is 2.35. The van der Waals surface area contributed by atoms with Crippen molar-refractivity contribution in [3.8, 4) is 11.1 Å². The van der Waals surface area contributed by atoms with E-state index in [1.807, 2.05) is 13.0 Å². The van der Waals surface area contributed by atoms with E-state index in [0.29, 0.717) is 41.4 Å². The minimum absolute atomic E-state index is 0.0163. The number of aromatic nitrogens is 1. The highest BCUT2D eigenvalue weighted by atomic mass is 19.4. The molecule has 10 heteroatoms. The smallest absolute Gasteiger partial charge is 0.416 e. The number of alkyl carbamates (subject to hydrolysis) is 1. The molecular weight excluding hydrogens is 547 g/mol. The molecule has 0 bridgehead atoms. The number of hydrogen-bond donors (Lipinski definition) is 2. The van der Waals surface area contributed by atoms with E-state index in [9.17, 15) is 22.8 Å². The Morgan fingerprint density at radius 3 is 2.36 bits per heavy atom. The van der Waals surface area contributed by atoms with Crippen LogP contribution < -0.4 is 10.6 Å². The Morgan fingerprint density at radius 1 is 1.02 bits per heavy atom. The fourth-order valence-corrected chi connectivity index (χ4v) is 4.81. The molecule has 2 N–H and O–H groups in total. The molecule has 2 heterocycles. The minimum Gasteiger partial charge on any atom is -0.444 e. The van der Waals surface area contributed by atoms with E-state index in [-0.39, 0.29) is 18.5 Å². The maximum absolute atomic E-state index is 13.5. The highest BCUT2D eigenvalue weighted by Gasteiger charge is 2.31. The van der Waals surface area contributed by atoms with Crippen molar-refractivity contribution in [3.63, 3.8) is 0 Å². The maximum Gasteiger partial charge on any atom is 0.416 e. The average molecular weight is 584 g/mol. The van der Waals surface area contributed by atoms with Crippen LogP contribution in [0.4, 0.5) is 18.0 Å². The number of carbonyl (C=O) groups is 2. The van der Waals surface area contributed by atoms with Crippen molar-refractivity contribution in [3.05, 3.63) is 88.7 Å². The first-order chi connectivity index (χ1) is 19.8. The number of halogens is 3. The lowest BCUT2D eigenvalue weighted by molar-refractivity contribution is -0.137. The molecule has 3 aromatic rings. The Hall–Kier alpha value is -3.92. The molecule has 42 heavy (non-hydrogen) atoms. The molecule has 1 saturated heterocycles. The monoisotopic (exact) mass is 583 g/mol. The van der Waals surface area contributed by atoms with Gasteiger partial charge in [-0.1, -0.05) is 30.3 Å². The van der Waals surface area contributed by atoms with E-state index in [2.05, 4.69) is 15.6 Å². The maximum atomic E-state index is 13.5. The predicted octanol–water partition coefficient (Wildman–Crippen LogP) is 7.18. The van der Waals surface area contributed by atoms with E-state index in [4.69, 9.17) is 9.47 Å². The van der Waals surface area contributed by atoms with Gasteiger partial charge in [0.05, 0.1) is 17.2 Å². The van der Waals surface area contributed by atoms with Crippen LogP contribution in [-0.4, -0.2) is 35.8 Å². The van der Waals surface area contributed by atoms with Crippen molar-refractivity contribution < 1.29 is 32.2 Å². The van der Waals surface area contributed by atoms with Gasteiger partial charge in [0.15, 0.2) is 0 Å². The second-order valence-electron chi connectivity index (χ2n) is 11.4. The summed E-state index contributed by atoms with van der Waals surface area (Å²) in [5.41, 5.74) is 2.13. The van der Waals surface area contributed by atoms with Crippen LogP contribution >= 0.6 is 0 Å². The molecule has 7 nitrogen and oxygen atoms in total. The number of rotatable bonds is 7. The molecule has 0 aliphatic carbocycles. The zero-order valence-electron chi connectivity index (χ0n) is 24.2. The molecule has 1 fully saturated rings. The average Bonchev–Trinajstić information content (AvgIpc) is 2.95. The van der Waals surface area contributed by atoms with Crippen LogP contribution in [-0.2, 0) is 22.2 Å². The summed E-state index contributed by atoms with van der Waals surface area (Å²) in [6.45, 7) is 8.38. The number of nitrogens with one attached hydrogen (secondary N) is 2. The summed E-state index contributed by atoms with van der Waals surface area (Å²) in [6.07, 6.45) is -0.0854. The third kappa shape index (κ3) is 8.31. The largest absolute Gasteiger partial charge is 0.444 e. The summed E-state index contributed by atoms with van der Waals surface area (Å²) in [4.78, 5) is 29.4. The summed E-state index contributed by atoms with van der Waals surface area (Å²) in [7, 11) is 0. The van der Waals surface area contributed by atoms with Gasteiger partial charge in [-0.2, -0.15) is 13.2 Å². The summed E-state index contributed by atoms with van der Waals surface area (Å²) in [6, 6.07) is 11.9. The summed E-state index contributed by atoms with van der Waals surface area (Å²) >= 11 is 0. The van der Waals surface area contributed by atoms with Crippen molar-refractivity contribution in [1.82, 2.24) is 15.6 Å². The Morgan fingerprint density at radius 2 is 1.71 bits per heavy atom. The first-order valence-electron chi connectivity index (χ1n) is 13.9. The molecule has 1 aliphatic heterocycles. The van der Waals surface area contributed by atoms with Crippen molar-refractivity contribution in [2.45, 2.75) is 70.8 Å². The van der Waals surface area contributed by atoms with Gasteiger partial charge in [-0.25, -0.2) is 4.79 Å². The fourth-order valence-electron chi connectivity index (χ4n) is 4.81. The van der Waals surface area contributed by atoms with Crippen molar-refractivity contribution in [2.24, 2.45) is 0 Å². The van der Waals surface area contributed by atoms with Gasteiger partial charge in [-0.05, 0) is 92.5 Å². The number of alkyl halides is 3. The van der Waals surface area contributed by atoms with E-state index < -0.39 is 23.4 Å². The molecule has 0 spiro atoms. The molecular formula is C32H36F3N3O4. The summed E-state index contributed by atoms with van der Waals surface area (Å²) in [5, 5.41) is 5.59. The molecule has 4 rings (SSSR count). The van der Waals surface area contributed by atoms with E-state index in [0.717, 1.165) is 36.1 Å². The standard InChI is InChI=1S/C32H36F3N3O4/c1-20(38-29(39)26-15-25(17-36-18-26)22-11-13-41-14-12-22)21-5-7-23(8-6-21)28-16-27(32(33,34)35)10-9-24(28)19-37-30(40)42-31(2,3)4/h5-10,15-18,20,22H,11-14,19H2,1-4H3,(H,37,40)(H,38,39)/t20-/m1/s1. The van der Waals surface area contributed by atoms with E-state index in [1.165, 1.54) is 12.3 Å². The second-order valence-corrected chi connectivity index (χ2v) is 11.4. The van der Waals surface area contributed by atoms with Gasteiger partial charge in [-0.15, -0.1) is 0 Å². The third-order valence-corrected chi connectivity index (χ3v) is 7.04. The van der Waals surface area contributed by atoms with Crippen LogP contribution in [0.25, 0.3) is 11.1 Å². The Balaban J connectivity index is 1.49. The fraction of sp³-hybridized carbons (Fsp3) is 0.406. The topological polar surface area (TPSA) is 89.5 Å². The van der Waals surface area contributed by atoms with Crippen molar-refractivity contribution in [2.75, 3.05) is 13.2 Å². The number of amides is 2. The molecule has 0 unspecified atom stereocenters. The van der Waals surface area contributed by atoms with Crippen LogP contribution in [0.5, 0.6) is 0 Å². The van der Waals surface area contributed by atoms with E-state index in [1.54, 1.807) is 51.2 Å². The molecule has 0 radical (unpaired) electrons. The first kappa shape index (κ1) is 31.0. The first-order valence-corrected chi connectivity index (χ1v) is 13.9. The molecule has 224 valence electrons. The number of nitrogens with zero attached hydrogens (tertiary/aromatic N) is 1. The SMILES string of the molecule is C[C@@H](NC(=O)c1cncc(C2CCOCC2)c1)c1ccc(-c2cc(C(F)(F)F)ccc2CNC(=O)OC(C)(C)C)cc1. The summed E-state index contributed by atoms with van der Waals surface area (Å²) in [5.74, 6) is 0.0467. The number of benzene rings is 2. The zero-order valence-corrected chi connectivity index (χ0v) is 24.2. The number of pyridine rings is 1. The van der Waals surface area contributed by atoms with E-state index >= 15 is 0 Å². The quantitative estimate of drug-likeness (QED) is 0.308. The van der Waals surface area contributed by atoms with Crippen LogP contribution in [0.15, 0.2) is 60.9 Å². The molecule has 1 atom stereocenters. The molecule has 1 aliphatic rings. The molecule has 2 aromatic carbocycles. The van der Waals surface area contributed by atoms with Gasteiger partial charge >= 0.3 is 12.3 Å². The lowest BCUT2D eigenvalue weighted by Gasteiger charge is -2.22. The van der Waals surface area contributed by atoms with Crippen LogP contribution in [0.2, 0.25) is 0 Å². The normalized spacial score (nSPS) is 15.1. The zero-order chi connectivity index (χ0) is 30.5. The Labute approximate surface area is 243 Å². The molecule has 1 aromatic heterocycles. The number of hydrogen-bond acceptors (Lipinski definition) is 5. The Bertz CT molecular complexity index is 1400. The molecule has 0 saturated carbocycles. The van der Waals surface area contributed by atoms with Crippen LogP contribution in [0.3, 0.4) is 0 Å². The molecule has 2 amide bonds. The van der Waals surface area contributed by atoms with Gasteiger partial charge in [0.2, 0.25) is 0 Å². The lowest BCUT2D eigenvalue weighted by Crippen LogP contribution is -2.32. The predicted molar refractivity (Wildman–Crippen MR) is 153 cm³/mol. The van der Waals surface area contributed by atoms with Gasteiger partial charge in [0.1, 0.15) is 5.60 Å². The van der Waals surface area contributed by atoms with Crippen molar-refractivity contribution >= 4 is 12.0 Å². The van der Waals surface area contributed by atoms with Gasteiger partial charge in [-0.3, -0.25) is 9.78 Å². The number of ether oxygens (including phenoxy) is 2. The second kappa shape index (κ2) is 12.9. The van der Waals surface area contributed by atoms with Crippen LogP contribution in [0.1, 0.15) is 85.1 Å². The van der Waals surface area contributed by atoms with Crippen molar-refractivity contribution in [1.29, 1.82) is 0 Å². The van der Waals surface area contributed by atoms with Gasteiger partial charge in [0, 0.05) is 32.2 Å². The lowest BCUT2D eigenvalue weighted by atomic mass is 9.92. The van der Waals surface area contributed by atoms with Gasteiger partial charge in [0.25, 0.3) is 5.91 Å². The summed E-state index contributed by atoms with van der Waals surface area (Å²) < 4.78 is 51.3. The minimum atomic E-state index is -4.53. The number of carbonyl (C=O) groups excluding carboxylic acids is 2. The van der Waals surface area contributed by atoms with Crippen LogP contribution in [0, 0.1) is 0 Å². The third-order valence-electron chi connectivity index (χ3n) is 7.04. The highest BCUT2D eigenvalue weighted by molar-refractivity contribution is 5.94. The van der Waals surface area contributed by atoms with Gasteiger partial charge < -0.3 is 20.1 Å².